The number of ether oxygens (including phenoxy) is 1. The molecule has 33 heavy (non-hydrogen) atoms. The molecular weight excluding hydrogens is 468 g/mol. The molecule has 8 nitrogen and oxygen atoms in total. The highest BCUT2D eigenvalue weighted by Crippen LogP contribution is 2.32. The molecule has 0 bridgehead atoms. The maximum atomic E-state index is 13.0. The number of nitrogens with one attached hydrogen (secondary N) is 1. The largest absolute Gasteiger partial charge is 0.478 e. The predicted octanol–water partition coefficient (Wildman–Crippen LogP) is 4.54. The van der Waals surface area contributed by atoms with Crippen LogP contribution >= 0.6 is 11.6 Å². The van der Waals surface area contributed by atoms with Gasteiger partial charge in [0.2, 0.25) is 5.91 Å². The number of fused-ring (bicyclic) bond motifs is 1. The Morgan fingerprint density at radius 1 is 1.03 bits per heavy atom. The van der Waals surface area contributed by atoms with E-state index in [0.717, 1.165) is 5.56 Å². The highest BCUT2D eigenvalue weighted by molar-refractivity contribution is 7.92. The van der Waals surface area contributed by atoms with Crippen LogP contribution in [0.3, 0.4) is 0 Å². The Hall–Kier alpha value is -3.56. The van der Waals surface area contributed by atoms with E-state index in [0.29, 0.717) is 29.4 Å². The van der Waals surface area contributed by atoms with Gasteiger partial charge in [-0.2, -0.15) is 0 Å². The molecule has 0 atom stereocenters. The molecule has 0 unspecified atom stereocenters. The second-order valence-corrected chi connectivity index (χ2v) is 9.50. The summed E-state index contributed by atoms with van der Waals surface area (Å²) in [6.45, 7) is 1.94. The summed E-state index contributed by atoms with van der Waals surface area (Å²) < 4.78 is 33.9. The molecule has 0 aromatic heterocycles. The third kappa shape index (κ3) is 4.79. The van der Waals surface area contributed by atoms with Crippen molar-refractivity contribution in [2.24, 2.45) is 0 Å². The molecular formula is C23H19ClN2O6S. The smallest absolute Gasteiger partial charge is 0.337 e. The summed E-state index contributed by atoms with van der Waals surface area (Å²) in [4.78, 5) is 25.1. The summed E-state index contributed by atoms with van der Waals surface area (Å²) in [6, 6.07) is 15.0. The molecule has 10 heteroatoms. The first-order chi connectivity index (χ1) is 15.6. The van der Waals surface area contributed by atoms with Gasteiger partial charge in [0.05, 0.1) is 16.1 Å². The van der Waals surface area contributed by atoms with Crippen molar-refractivity contribution in [3.8, 4) is 11.5 Å². The highest BCUT2D eigenvalue weighted by Gasteiger charge is 2.26. The van der Waals surface area contributed by atoms with Crippen molar-refractivity contribution in [3.63, 3.8) is 0 Å². The first kappa shape index (κ1) is 22.6. The topological polar surface area (TPSA) is 113 Å². The molecule has 4 rings (SSSR count). The van der Waals surface area contributed by atoms with Crippen molar-refractivity contribution < 1.29 is 27.9 Å². The van der Waals surface area contributed by atoms with E-state index >= 15 is 0 Å². The minimum atomic E-state index is -4.08. The zero-order chi connectivity index (χ0) is 23.8. The molecule has 0 radical (unpaired) electrons. The lowest BCUT2D eigenvalue weighted by Crippen LogP contribution is -2.25. The van der Waals surface area contributed by atoms with E-state index in [1.807, 2.05) is 0 Å². The number of nitrogens with zero attached hydrogens (tertiary/aromatic N) is 1. The molecule has 2 N–H and O–H groups in total. The van der Waals surface area contributed by atoms with Gasteiger partial charge < -0.3 is 14.7 Å². The van der Waals surface area contributed by atoms with Crippen LogP contribution in [0.2, 0.25) is 5.02 Å². The van der Waals surface area contributed by atoms with Crippen LogP contribution < -0.4 is 14.4 Å². The molecule has 0 fully saturated rings. The van der Waals surface area contributed by atoms with Crippen LogP contribution in [0.15, 0.2) is 65.6 Å². The first-order valence-electron chi connectivity index (χ1n) is 9.89. The Morgan fingerprint density at radius 2 is 1.73 bits per heavy atom. The zero-order valence-electron chi connectivity index (χ0n) is 17.4. The number of halogens is 1. The van der Waals surface area contributed by atoms with E-state index < -0.39 is 16.0 Å². The number of rotatable bonds is 6. The summed E-state index contributed by atoms with van der Waals surface area (Å²) in [5.74, 6) is -0.767. The molecule has 3 aromatic carbocycles. The molecule has 0 aliphatic carbocycles. The molecule has 1 heterocycles. The predicted molar refractivity (Wildman–Crippen MR) is 124 cm³/mol. The summed E-state index contributed by atoms with van der Waals surface area (Å²) in [5.41, 5.74) is 1.04. The molecule has 170 valence electrons. The second kappa shape index (κ2) is 8.76. The molecule has 3 aromatic rings. The Kier molecular flexibility index (Phi) is 6.01. The van der Waals surface area contributed by atoms with Gasteiger partial charge in [-0.05, 0) is 72.6 Å². The lowest BCUT2D eigenvalue weighted by Gasteiger charge is -2.16. The fraction of sp³-hybridized carbons (Fsp3) is 0.130. The van der Waals surface area contributed by atoms with Gasteiger partial charge in [-0.3, -0.25) is 9.52 Å². The van der Waals surface area contributed by atoms with E-state index in [2.05, 4.69) is 4.72 Å². The van der Waals surface area contributed by atoms with Gasteiger partial charge in [-0.15, -0.1) is 0 Å². The minimum Gasteiger partial charge on any atom is -0.478 e. The summed E-state index contributed by atoms with van der Waals surface area (Å²) in [5, 5.41) is 10.1. The normalized spacial score (nSPS) is 12.8. The Balaban J connectivity index is 1.60. The van der Waals surface area contributed by atoms with E-state index in [4.69, 9.17) is 16.3 Å². The lowest BCUT2D eigenvalue weighted by molar-refractivity contribution is -0.116. The average Bonchev–Trinajstić information content (AvgIpc) is 3.20. The maximum Gasteiger partial charge on any atom is 0.337 e. The van der Waals surface area contributed by atoms with Crippen LogP contribution in [0.25, 0.3) is 0 Å². The number of carboxylic acid groups (broad SMARTS) is 1. The van der Waals surface area contributed by atoms with Gasteiger partial charge in [-0.1, -0.05) is 11.6 Å². The summed E-state index contributed by atoms with van der Waals surface area (Å²) in [6.07, 6.45) is 0.537. The number of sulfonamides is 1. The maximum absolute atomic E-state index is 13.0. The van der Waals surface area contributed by atoms with Crippen molar-refractivity contribution in [3.05, 3.63) is 76.8 Å². The number of aromatic carboxylic acids is 1. The number of benzene rings is 3. The van der Waals surface area contributed by atoms with Gasteiger partial charge in [0.1, 0.15) is 11.5 Å². The van der Waals surface area contributed by atoms with Crippen molar-refractivity contribution in [2.45, 2.75) is 18.2 Å². The van der Waals surface area contributed by atoms with Crippen LogP contribution in [-0.2, 0) is 21.2 Å². The number of amides is 1. The van der Waals surface area contributed by atoms with E-state index in [9.17, 15) is 23.1 Å². The lowest BCUT2D eigenvalue weighted by atomic mass is 10.2. The van der Waals surface area contributed by atoms with Gasteiger partial charge in [0, 0.05) is 24.2 Å². The number of carbonyl (C=O) groups is 2. The van der Waals surface area contributed by atoms with Crippen molar-refractivity contribution in [1.82, 2.24) is 0 Å². The number of carboxylic acids is 1. The van der Waals surface area contributed by atoms with Crippen molar-refractivity contribution >= 4 is 44.9 Å². The standard InChI is InChI=1S/C23H19ClN2O6S/c1-14(27)26-11-10-15-12-19(7-9-22(15)26)33(30,31)25-21-8-6-18(13-20(21)23(28)29)32-17-4-2-16(24)3-5-17/h2-9,12-13,25H,10-11H2,1H3,(H,28,29). The minimum absolute atomic E-state index is 0.0236. The Bertz CT molecular complexity index is 1360. The fourth-order valence-corrected chi connectivity index (χ4v) is 4.82. The van der Waals surface area contributed by atoms with Gasteiger partial charge in [0.25, 0.3) is 10.0 Å². The summed E-state index contributed by atoms with van der Waals surface area (Å²) in [7, 11) is -4.08. The van der Waals surface area contributed by atoms with Gasteiger partial charge in [-0.25, -0.2) is 13.2 Å². The number of hydrogen-bond acceptors (Lipinski definition) is 5. The van der Waals surface area contributed by atoms with Gasteiger partial charge >= 0.3 is 5.97 Å². The van der Waals surface area contributed by atoms with E-state index in [-0.39, 0.29) is 27.8 Å². The molecule has 1 amide bonds. The monoisotopic (exact) mass is 486 g/mol. The zero-order valence-corrected chi connectivity index (χ0v) is 19.0. The Labute approximate surface area is 195 Å². The molecule has 0 saturated heterocycles. The number of hydrogen-bond donors (Lipinski definition) is 2. The third-order valence-electron chi connectivity index (χ3n) is 5.15. The van der Waals surface area contributed by atoms with Crippen LogP contribution in [0.1, 0.15) is 22.8 Å². The highest BCUT2D eigenvalue weighted by atomic mass is 35.5. The second-order valence-electron chi connectivity index (χ2n) is 7.39. The molecule has 0 saturated carbocycles. The quantitative estimate of drug-likeness (QED) is 0.529. The van der Waals surface area contributed by atoms with E-state index in [1.165, 1.54) is 37.3 Å². The van der Waals surface area contributed by atoms with E-state index in [1.54, 1.807) is 35.2 Å². The van der Waals surface area contributed by atoms with Crippen molar-refractivity contribution in [1.29, 1.82) is 0 Å². The van der Waals surface area contributed by atoms with Crippen LogP contribution in [-0.4, -0.2) is 31.9 Å². The average molecular weight is 487 g/mol. The van der Waals surface area contributed by atoms with Crippen LogP contribution in [0.5, 0.6) is 11.5 Å². The van der Waals surface area contributed by atoms with Gasteiger partial charge in [0.15, 0.2) is 0 Å². The van der Waals surface area contributed by atoms with Crippen molar-refractivity contribution in [2.75, 3.05) is 16.2 Å². The molecule has 0 spiro atoms. The number of carbonyl (C=O) groups excluding carboxylic acids is 1. The first-order valence-corrected chi connectivity index (χ1v) is 11.7. The SMILES string of the molecule is CC(=O)N1CCc2cc(S(=O)(=O)Nc3ccc(Oc4ccc(Cl)cc4)cc3C(=O)O)ccc21. The molecule has 1 aliphatic heterocycles. The molecule has 1 aliphatic rings. The number of anilines is 2. The van der Waals surface area contributed by atoms with Crippen LogP contribution in [0, 0.1) is 0 Å². The summed E-state index contributed by atoms with van der Waals surface area (Å²) >= 11 is 5.85. The van der Waals surface area contributed by atoms with Crippen LogP contribution in [0.4, 0.5) is 11.4 Å². The third-order valence-corrected chi connectivity index (χ3v) is 6.77. The Morgan fingerprint density at radius 3 is 2.39 bits per heavy atom. The fourth-order valence-electron chi connectivity index (χ4n) is 3.57.